The molecule has 2 heterocycles. The Labute approximate surface area is 152 Å². The van der Waals surface area contributed by atoms with Crippen LogP contribution in [-0.2, 0) is 6.42 Å². The number of rotatable bonds is 2. The number of likely N-dealkylation sites (tertiary alicyclic amines) is 1. The molecular formula is C21H22N2O3. The summed E-state index contributed by atoms with van der Waals surface area (Å²) in [6.45, 7) is 4.84. The quantitative estimate of drug-likeness (QED) is 0.899. The molecule has 0 bridgehead atoms. The van der Waals surface area contributed by atoms with Gasteiger partial charge in [-0.2, -0.15) is 0 Å². The molecule has 0 radical (unpaired) electrons. The molecule has 2 atom stereocenters. The fraction of sp³-hybridized carbons (Fsp3) is 0.333. The molecule has 2 aromatic carbocycles. The number of hydrogen-bond donors (Lipinski definition) is 1. The molecule has 0 saturated carbocycles. The molecule has 2 aliphatic heterocycles. The maximum Gasteiger partial charge on any atom is 0.407 e. The van der Waals surface area contributed by atoms with Crippen molar-refractivity contribution >= 4 is 17.7 Å². The SMILES string of the molecule is CCc1cc(C)c2c(c1)C1CN(C(=O)O)CC1N(c1ccccc1)C2=O. The molecule has 26 heavy (non-hydrogen) atoms. The predicted octanol–water partition coefficient (Wildman–Crippen LogP) is 3.66. The number of carbonyl (C=O) groups excluding carboxylic acids is 1. The van der Waals surface area contributed by atoms with Crippen LogP contribution in [0.4, 0.5) is 10.5 Å². The molecule has 4 rings (SSSR count). The van der Waals surface area contributed by atoms with Crippen molar-refractivity contribution < 1.29 is 14.7 Å². The topological polar surface area (TPSA) is 60.9 Å². The molecule has 5 nitrogen and oxygen atoms in total. The fourth-order valence-corrected chi connectivity index (χ4v) is 4.36. The van der Waals surface area contributed by atoms with Gasteiger partial charge in [0.1, 0.15) is 0 Å². The van der Waals surface area contributed by atoms with E-state index in [-0.39, 0.29) is 17.9 Å². The van der Waals surface area contributed by atoms with Crippen molar-refractivity contribution in [3.63, 3.8) is 0 Å². The van der Waals surface area contributed by atoms with Crippen molar-refractivity contribution in [2.75, 3.05) is 18.0 Å². The number of anilines is 1. The van der Waals surface area contributed by atoms with Gasteiger partial charge in [0.05, 0.1) is 6.04 Å². The second kappa shape index (κ2) is 6.16. The molecule has 2 unspecified atom stereocenters. The Kier molecular flexibility index (Phi) is 3.94. The van der Waals surface area contributed by atoms with Gasteiger partial charge in [-0.3, -0.25) is 4.79 Å². The summed E-state index contributed by atoms with van der Waals surface area (Å²) < 4.78 is 0. The number of hydrogen-bond acceptors (Lipinski definition) is 2. The van der Waals surface area contributed by atoms with Gasteiger partial charge >= 0.3 is 6.09 Å². The zero-order valence-corrected chi connectivity index (χ0v) is 15.0. The number of carbonyl (C=O) groups is 2. The summed E-state index contributed by atoms with van der Waals surface area (Å²) in [5.41, 5.74) is 4.73. The van der Waals surface area contributed by atoms with E-state index < -0.39 is 6.09 Å². The van der Waals surface area contributed by atoms with E-state index >= 15 is 0 Å². The van der Waals surface area contributed by atoms with E-state index in [0.29, 0.717) is 13.1 Å². The number of nitrogens with zero attached hydrogens (tertiary/aromatic N) is 2. The first-order valence-electron chi connectivity index (χ1n) is 9.01. The highest BCUT2D eigenvalue weighted by molar-refractivity contribution is 6.10. The molecule has 0 aliphatic carbocycles. The molecule has 1 fully saturated rings. The van der Waals surface area contributed by atoms with Crippen LogP contribution >= 0.6 is 0 Å². The van der Waals surface area contributed by atoms with Crippen molar-refractivity contribution in [3.8, 4) is 0 Å². The lowest BCUT2D eigenvalue weighted by molar-refractivity contribution is 0.0964. The van der Waals surface area contributed by atoms with E-state index in [0.717, 1.165) is 28.8 Å². The van der Waals surface area contributed by atoms with Crippen molar-refractivity contribution in [2.24, 2.45) is 0 Å². The minimum atomic E-state index is -0.926. The second-order valence-electron chi connectivity index (χ2n) is 7.10. The van der Waals surface area contributed by atoms with Gasteiger partial charge in [-0.25, -0.2) is 4.79 Å². The number of benzene rings is 2. The van der Waals surface area contributed by atoms with Crippen LogP contribution in [0.1, 0.15) is 39.9 Å². The molecule has 2 aliphatic rings. The predicted molar refractivity (Wildman–Crippen MR) is 99.9 cm³/mol. The van der Waals surface area contributed by atoms with Gasteiger partial charge in [-0.15, -0.1) is 0 Å². The lowest BCUT2D eigenvalue weighted by atomic mass is 9.81. The maximum absolute atomic E-state index is 13.4. The monoisotopic (exact) mass is 350 g/mol. The van der Waals surface area contributed by atoms with E-state index in [4.69, 9.17) is 0 Å². The van der Waals surface area contributed by atoms with Gasteiger partial charge in [0.15, 0.2) is 0 Å². The molecule has 0 spiro atoms. The first kappa shape index (κ1) is 16.6. The van der Waals surface area contributed by atoms with Crippen LogP contribution in [0, 0.1) is 6.92 Å². The van der Waals surface area contributed by atoms with Gasteiger partial charge in [0.2, 0.25) is 0 Å². The summed E-state index contributed by atoms with van der Waals surface area (Å²) in [5, 5.41) is 9.51. The minimum Gasteiger partial charge on any atom is -0.465 e. The summed E-state index contributed by atoms with van der Waals surface area (Å²) in [6.07, 6.45) is -0.0325. The summed E-state index contributed by atoms with van der Waals surface area (Å²) in [7, 11) is 0. The zero-order chi connectivity index (χ0) is 18.4. The van der Waals surface area contributed by atoms with Crippen molar-refractivity contribution in [1.82, 2.24) is 4.90 Å². The molecule has 2 aromatic rings. The maximum atomic E-state index is 13.4. The molecule has 1 N–H and O–H groups in total. The average Bonchev–Trinajstić information content (AvgIpc) is 3.07. The first-order valence-corrected chi connectivity index (χ1v) is 9.01. The van der Waals surface area contributed by atoms with E-state index in [9.17, 15) is 14.7 Å². The van der Waals surface area contributed by atoms with Crippen molar-refractivity contribution in [3.05, 3.63) is 64.7 Å². The molecule has 5 heteroatoms. The van der Waals surface area contributed by atoms with Gasteiger partial charge < -0.3 is 14.9 Å². The van der Waals surface area contributed by atoms with Crippen LogP contribution in [0.2, 0.25) is 0 Å². The lowest BCUT2D eigenvalue weighted by Gasteiger charge is -2.39. The van der Waals surface area contributed by atoms with Crippen molar-refractivity contribution in [1.29, 1.82) is 0 Å². The fourth-order valence-electron chi connectivity index (χ4n) is 4.36. The molecule has 0 aromatic heterocycles. The normalized spacial score (nSPS) is 21.5. The van der Waals surface area contributed by atoms with Crippen LogP contribution in [-0.4, -0.2) is 41.1 Å². The number of aryl methyl sites for hydroxylation is 2. The summed E-state index contributed by atoms with van der Waals surface area (Å²) in [4.78, 5) is 28.2. The Bertz CT molecular complexity index is 878. The van der Waals surface area contributed by atoms with Gasteiger partial charge in [-0.05, 0) is 42.2 Å². The number of amides is 2. The number of fused-ring (bicyclic) bond motifs is 3. The Morgan fingerprint density at radius 1 is 1.19 bits per heavy atom. The third-order valence-electron chi connectivity index (χ3n) is 5.59. The highest BCUT2D eigenvalue weighted by Gasteiger charge is 2.47. The van der Waals surface area contributed by atoms with E-state index in [1.54, 1.807) is 4.90 Å². The van der Waals surface area contributed by atoms with Gasteiger partial charge in [0, 0.05) is 30.3 Å². The molecule has 1 saturated heterocycles. The van der Waals surface area contributed by atoms with Gasteiger partial charge in [-0.1, -0.05) is 37.3 Å². The smallest absolute Gasteiger partial charge is 0.407 e. The molecule has 2 amide bonds. The first-order chi connectivity index (χ1) is 12.5. The Balaban J connectivity index is 1.89. The van der Waals surface area contributed by atoms with Crippen molar-refractivity contribution in [2.45, 2.75) is 32.2 Å². The molecule has 134 valence electrons. The Hall–Kier alpha value is -2.82. The van der Waals surface area contributed by atoms with E-state index in [1.807, 2.05) is 37.3 Å². The summed E-state index contributed by atoms with van der Waals surface area (Å²) in [6, 6.07) is 13.6. The van der Waals surface area contributed by atoms with Crippen LogP contribution in [0.5, 0.6) is 0 Å². The Morgan fingerprint density at radius 3 is 2.58 bits per heavy atom. The second-order valence-corrected chi connectivity index (χ2v) is 7.10. The highest BCUT2D eigenvalue weighted by Crippen LogP contribution is 2.42. The third-order valence-corrected chi connectivity index (χ3v) is 5.59. The van der Waals surface area contributed by atoms with Crippen LogP contribution in [0.15, 0.2) is 42.5 Å². The van der Waals surface area contributed by atoms with Gasteiger partial charge in [0.25, 0.3) is 5.91 Å². The van der Waals surface area contributed by atoms with E-state index in [2.05, 4.69) is 19.1 Å². The van der Waals surface area contributed by atoms with Crippen LogP contribution in [0.3, 0.4) is 0 Å². The van der Waals surface area contributed by atoms with Crippen LogP contribution in [0.25, 0.3) is 0 Å². The van der Waals surface area contributed by atoms with Crippen LogP contribution < -0.4 is 4.90 Å². The standard InChI is InChI=1S/C21H22N2O3/c1-3-14-9-13(2)19-16(10-14)17-11-22(21(25)26)12-18(17)23(20(19)24)15-7-5-4-6-8-15/h4-10,17-18H,3,11-12H2,1-2H3,(H,25,26). The minimum absolute atomic E-state index is 0.00389. The molecular weight excluding hydrogens is 328 g/mol. The summed E-state index contributed by atoms with van der Waals surface area (Å²) in [5.74, 6) is -0.0240. The third kappa shape index (κ3) is 2.46. The Morgan fingerprint density at radius 2 is 1.92 bits per heavy atom. The lowest BCUT2D eigenvalue weighted by Crippen LogP contribution is -2.49. The zero-order valence-electron chi connectivity index (χ0n) is 15.0. The average molecular weight is 350 g/mol. The highest BCUT2D eigenvalue weighted by atomic mass is 16.4. The summed E-state index contributed by atoms with van der Waals surface area (Å²) >= 11 is 0. The largest absolute Gasteiger partial charge is 0.465 e. The number of para-hydroxylation sites is 1. The number of carboxylic acid groups (broad SMARTS) is 1. The van der Waals surface area contributed by atoms with E-state index in [1.165, 1.54) is 10.5 Å².